The molecule has 5 rings (SSSR count). The zero-order valence-electron chi connectivity index (χ0n) is 22.5. The lowest BCUT2D eigenvalue weighted by Crippen LogP contribution is -2.36. The van der Waals surface area contributed by atoms with Gasteiger partial charge in [-0.25, -0.2) is 4.79 Å². The van der Waals surface area contributed by atoms with Crippen LogP contribution in [0.3, 0.4) is 0 Å². The van der Waals surface area contributed by atoms with E-state index in [4.69, 9.17) is 9.47 Å². The van der Waals surface area contributed by atoms with Gasteiger partial charge < -0.3 is 20.1 Å². The molecule has 2 aromatic rings. The fraction of sp³-hybridized carbons (Fsp3) is 0.312. The van der Waals surface area contributed by atoms with Crippen LogP contribution in [0.25, 0.3) is 0 Å². The molecule has 3 unspecified atom stereocenters. The summed E-state index contributed by atoms with van der Waals surface area (Å²) in [4.78, 5) is 25.7. The minimum absolute atomic E-state index is 0.112. The Morgan fingerprint density at radius 3 is 2.41 bits per heavy atom. The molecule has 0 bridgehead atoms. The van der Waals surface area contributed by atoms with Gasteiger partial charge in [-0.15, -0.1) is 0 Å². The summed E-state index contributed by atoms with van der Waals surface area (Å²) in [5.74, 6) is -0.316. The van der Waals surface area contributed by atoms with Gasteiger partial charge in [-0.1, -0.05) is 48.6 Å². The van der Waals surface area contributed by atoms with Gasteiger partial charge in [0.05, 0.1) is 24.4 Å². The third kappa shape index (κ3) is 6.90. The van der Waals surface area contributed by atoms with Gasteiger partial charge in [-0.3, -0.25) is 4.79 Å². The normalized spacial score (nSPS) is 21.4. The van der Waals surface area contributed by atoms with E-state index in [1.807, 2.05) is 36.4 Å². The number of amides is 2. The van der Waals surface area contributed by atoms with E-state index in [1.165, 1.54) is 12.1 Å². The number of hydrogen-bond donors (Lipinski definition) is 2. The van der Waals surface area contributed by atoms with Crippen molar-refractivity contribution in [3.05, 3.63) is 113 Å². The number of halogens is 3. The molecule has 214 valence electrons. The number of nitrogens with one attached hydrogen (secondary N) is 2. The van der Waals surface area contributed by atoms with Gasteiger partial charge in [-0.05, 0) is 71.9 Å². The Bertz CT molecular complexity index is 1420. The molecule has 3 aliphatic rings. The lowest BCUT2D eigenvalue weighted by molar-refractivity contribution is -0.137. The average molecular weight is 565 g/mol. The molecule has 0 spiro atoms. The molecule has 0 saturated heterocycles. The van der Waals surface area contributed by atoms with Crippen LogP contribution in [0.1, 0.15) is 41.0 Å². The molecule has 0 fully saturated rings. The van der Waals surface area contributed by atoms with Crippen LogP contribution >= 0.6 is 0 Å². The van der Waals surface area contributed by atoms with E-state index in [2.05, 4.69) is 10.6 Å². The van der Waals surface area contributed by atoms with Gasteiger partial charge in [0.2, 0.25) is 5.91 Å². The molecule has 3 aliphatic carbocycles. The Morgan fingerprint density at radius 1 is 0.951 bits per heavy atom. The predicted molar refractivity (Wildman–Crippen MR) is 149 cm³/mol. The van der Waals surface area contributed by atoms with Crippen LogP contribution < -0.4 is 10.6 Å². The molecular weight excluding hydrogens is 533 g/mol. The Labute approximate surface area is 236 Å². The lowest BCUT2D eigenvalue weighted by atomic mass is 9.82. The first kappa shape index (κ1) is 28.3. The van der Waals surface area contributed by atoms with Crippen LogP contribution in [0.4, 0.5) is 23.7 Å². The van der Waals surface area contributed by atoms with E-state index in [-0.39, 0.29) is 18.6 Å². The number of methoxy groups -OCH3 is 1. The van der Waals surface area contributed by atoms with Crippen molar-refractivity contribution in [3.63, 3.8) is 0 Å². The number of alkyl halides is 3. The first-order valence-electron chi connectivity index (χ1n) is 13.5. The minimum atomic E-state index is -4.42. The second-order valence-corrected chi connectivity index (χ2v) is 10.4. The molecule has 0 aliphatic heterocycles. The van der Waals surface area contributed by atoms with Gasteiger partial charge in [0.15, 0.2) is 0 Å². The molecule has 0 radical (unpaired) electrons. The second-order valence-electron chi connectivity index (χ2n) is 10.4. The van der Waals surface area contributed by atoms with Crippen LogP contribution in [-0.2, 0) is 33.3 Å². The number of benzene rings is 2. The highest BCUT2D eigenvalue weighted by atomic mass is 19.4. The van der Waals surface area contributed by atoms with E-state index in [0.29, 0.717) is 24.1 Å². The Kier molecular flexibility index (Phi) is 8.33. The predicted octanol–water partition coefficient (Wildman–Crippen LogP) is 6.61. The molecule has 0 aromatic heterocycles. The van der Waals surface area contributed by atoms with E-state index >= 15 is 0 Å². The fourth-order valence-corrected chi connectivity index (χ4v) is 5.41. The van der Waals surface area contributed by atoms with Crippen molar-refractivity contribution in [2.75, 3.05) is 19.0 Å². The van der Waals surface area contributed by atoms with Crippen LogP contribution in [-0.4, -0.2) is 31.8 Å². The first-order chi connectivity index (χ1) is 19.7. The average Bonchev–Trinajstić information content (AvgIpc) is 3.37. The van der Waals surface area contributed by atoms with Gasteiger partial charge in [-0.2, -0.15) is 13.2 Å². The summed E-state index contributed by atoms with van der Waals surface area (Å²) >= 11 is 0. The van der Waals surface area contributed by atoms with Crippen LogP contribution in [0.15, 0.2) is 90.3 Å². The molecule has 2 aromatic carbocycles. The van der Waals surface area contributed by atoms with Crippen molar-refractivity contribution in [1.29, 1.82) is 0 Å². The Morgan fingerprint density at radius 2 is 1.71 bits per heavy atom. The number of carbonyl (C=O) groups is 2. The third-order valence-corrected chi connectivity index (χ3v) is 7.64. The number of rotatable bonds is 7. The van der Waals surface area contributed by atoms with Gasteiger partial charge in [0.25, 0.3) is 0 Å². The first-order valence-corrected chi connectivity index (χ1v) is 13.5. The topological polar surface area (TPSA) is 76.7 Å². The summed E-state index contributed by atoms with van der Waals surface area (Å²) in [5.41, 5.74) is 3.67. The molecule has 3 atom stereocenters. The van der Waals surface area contributed by atoms with E-state index < -0.39 is 29.7 Å². The molecule has 6 nitrogen and oxygen atoms in total. The second kappa shape index (κ2) is 12.1. The van der Waals surface area contributed by atoms with Crippen LogP contribution in [0, 0.1) is 5.92 Å². The molecule has 9 heteroatoms. The number of allylic oxidation sites excluding steroid dienone is 6. The number of hydrogen-bond acceptors (Lipinski definition) is 4. The number of ether oxygens (including phenoxy) is 2. The largest absolute Gasteiger partial charge is 0.501 e. The SMILES string of the molecule is COC1=CC=C(COC(=O)NC2Cc3ccc(NC(=O)C4C=CC=CC4c4ccc(C(F)(F)F)cc4)cc3C2)CC1. The number of fused-ring (bicyclic) bond motifs is 1. The highest BCUT2D eigenvalue weighted by Crippen LogP contribution is 2.35. The molecule has 0 saturated carbocycles. The van der Waals surface area contributed by atoms with E-state index in [9.17, 15) is 22.8 Å². The van der Waals surface area contributed by atoms with Crippen molar-refractivity contribution >= 4 is 17.7 Å². The molecular formula is C32H31F3N2O4. The number of carbonyl (C=O) groups excluding carboxylic acids is 2. The monoisotopic (exact) mass is 564 g/mol. The van der Waals surface area contributed by atoms with E-state index in [1.54, 1.807) is 25.3 Å². The number of anilines is 1. The smallest absolute Gasteiger partial charge is 0.416 e. The zero-order chi connectivity index (χ0) is 29.0. The Hall–Kier alpha value is -4.27. The minimum Gasteiger partial charge on any atom is -0.501 e. The lowest BCUT2D eigenvalue weighted by Gasteiger charge is -2.24. The zero-order valence-corrected chi connectivity index (χ0v) is 22.5. The highest BCUT2D eigenvalue weighted by molar-refractivity contribution is 5.95. The van der Waals surface area contributed by atoms with Crippen molar-refractivity contribution < 1.29 is 32.2 Å². The standard InChI is InChI=1S/C32H31F3N2O4/c1-40-27-14-6-20(7-15-27)19-41-31(39)37-26-16-22-10-13-25(17-23(22)18-26)36-30(38)29-5-3-2-4-28(29)21-8-11-24(12-9-21)32(33,34)35/h2-6,8-14,17,26,28-29H,7,15-16,18-19H2,1H3,(H,36,38)(H,37,39). The van der Waals surface area contributed by atoms with Crippen molar-refractivity contribution in [1.82, 2.24) is 5.32 Å². The maximum Gasteiger partial charge on any atom is 0.416 e. The molecule has 41 heavy (non-hydrogen) atoms. The molecule has 2 N–H and O–H groups in total. The summed E-state index contributed by atoms with van der Waals surface area (Å²) in [6.45, 7) is 0.230. The van der Waals surface area contributed by atoms with Gasteiger partial charge in [0, 0.05) is 24.1 Å². The Balaban J connectivity index is 1.16. The third-order valence-electron chi connectivity index (χ3n) is 7.64. The summed E-state index contributed by atoms with van der Waals surface area (Å²) in [6, 6.07) is 10.5. The molecule has 0 heterocycles. The molecule has 2 amide bonds. The maximum atomic E-state index is 13.3. The summed E-state index contributed by atoms with van der Waals surface area (Å²) in [6.07, 6.45) is 8.90. The van der Waals surface area contributed by atoms with Crippen LogP contribution in [0.5, 0.6) is 0 Å². The van der Waals surface area contributed by atoms with Crippen molar-refractivity contribution in [3.8, 4) is 0 Å². The fourth-order valence-electron chi connectivity index (χ4n) is 5.41. The summed E-state index contributed by atoms with van der Waals surface area (Å²) in [7, 11) is 1.64. The number of alkyl carbamates (subject to hydrolysis) is 1. The van der Waals surface area contributed by atoms with Crippen molar-refractivity contribution in [2.45, 2.75) is 43.8 Å². The van der Waals surface area contributed by atoms with Crippen LogP contribution in [0.2, 0.25) is 0 Å². The summed E-state index contributed by atoms with van der Waals surface area (Å²) in [5, 5.41) is 5.89. The van der Waals surface area contributed by atoms with E-state index in [0.717, 1.165) is 47.4 Å². The van der Waals surface area contributed by atoms with Gasteiger partial charge >= 0.3 is 12.3 Å². The highest BCUT2D eigenvalue weighted by Gasteiger charge is 2.32. The van der Waals surface area contributed by atoms with Gasteiger partial charge in [0.1, 0.15) is 6.61 Å². The van der Waals surface area contributed by atoms with Crippen molar-refractivity contribution in [2.24, 2.45) is 5.92 Å². The maximum absolute atomic E-state index is 13.3. The summed E-state index contributed by atoms with van der Waals surface area (Å²) < 4.78 is 49.6. The quantitative estimate of drug-likeness (QED) is 0.397.